The van der Waals surface area contributed by atoms with Crippen molar-refractivity contribution in [1.29, 1.82) is 0 Å². The van der Waals surface area contributed by atoms with Gasteiger partial charge >= 0.3 is 11.9 Å². The third kappa shape index (κ3) is 5.07. The van der Waals surface area contributed by atoms with Crippen LogP contribution < -0.4 is 10.1 Å². The summed E-state index contributed by atoms with van der Waals surface area (Å²) in [6.45, 7) is 3.64. The highest BCUT2D eigenvalue weighted by Gasteiger charge is 2.15. The maximum Gasteiger partial charge on any atom is 0.337 e. The smallest absolute Gasteiger partial charge is 0.337 e. The number of carbonyl (C=O) groups is 3. The molecule has 0 bridgehead atoms. The molecule has 2 rings (SSSR count). The van der Waals surface area contributed by atoms with Crippen molar-refractivity contribution in [3.05, 3.63) is 58.7 Å². The Bertz CT molecular complexity index is 841. The second-order valence-corrected chi connectivity index (χ2v) is 5.82. The molecule has 0 saturated carbocycles. The van der Waals surface area contributed by atoms with Crippen molar-refractivity contribution in [2.45, 2.75) is 13.8 Å². The fourth-order valence-corrected chi connectivity index (χ4v) is 2.39. The maximum atomic E-state index is 12.2. The number of hydrogen-bond donors (Lipinski definition) is 1. The molecule has 0 aromatic heterocycles. The van der Waals surface area contributed by atoms with Crippen LogP contribution >= 0.6 is 0 Å². The van der Waals surface area contributed by atoms with Crippen molar-refractivity contribution in [2.24, 2.45) is 0 Å². The Morgan fingerprint density at radius 2 is 1.52 bits per heavy atom. The molecular formula is C20H21NO6. The largest absolute Gasteiger partial charge is 0.483 e. The van der Waals surface area contributed by atoms with Gasteiger partial charge in [-0.15, -0.1) is 0 Å². The normalized spacial score (nSPS) is 10.1. The molecule has 7 heteroatoms. The van der Waals surface area contributed by atoms with Crippen LogP contribution in [-0.4, -0.2) is 38.7 Å². The zero-order chi connectivity index (χ0) is 20.0. The summed E-state index contributed by atoms with van der Waals surface area (Å²) in [4.78, 5) is 35.8. The first kappa shape index (κ1) is 20.0. The van der Waals surface area contributed by atoms with E-state index in [4.69, 9.17) is 4.74 Å². The predicted octanol–water partition coefficient (Wildman–Crippen LogP) is 2.89. The van der Waals surface area contributed by atoms with Crippen molar-refractivity contribution >= 4 is 23.5 Å². The van der Waals surface area contributed by atoms with Gasteiger partial charge in [-0.25, -0.2) is 9.59 Å². The number of hydrogen-bond acceptors (Lipinski definition) is 6. The van der Waals surface area contributed by atoms with Crippen molar-refractivity contribution < 1.29 is 28.6 Å². The van der Waals surface area contributed by atoms with Gasteiger partial charge in [-0.2, -0.15) is 0 Å². The SMILES string of the molecule is COC(=O)c1cc(NC(=O)COc2cccc(C)c2C)cc(C(=O)OC)c1. The van der Waals surface area contributed by atoms with E-state index in [1.165, 1.54) is 32.4 Å². The van der Waals surface area contributed by atoms with E-state index in [0.29, 0.717) is 5.75 Å². The summed E-state index contributed by atoms with van der Waals surface area (Å²) in [5, 5.41) is 2.61. The number of aryl methyl sites for hydroxylation is 1. The van der Waals surface area contributed by atoms with Crippen LogP contribution in [0.1, 0.15) is 31.8 Å². The molecule has 0 atom stereocenters. The van der Waals surface area contributed by atoms with E-state index in [0.717, 1.165) is 11.1 Å². The standard InChI is InChI=1S/C20H21NO6/c1-12-6-5-7-17(13(12)2)27-11-18(22)21-16-9-14(19(23)25-3)8-15(10-16)20(24)26-4/h5-10H,11H2,1-4H3,(H,21,22). The molecule has 27 heavy (non-hydrogen) atoms. The molecule has 142 valence electrons. The van der Waals surface area contributed by atoms with Gasteiger partial charge in [0.25, 0.3) is 5.91 Å². The lowest BCUT2D eigenvalue weighted by Crippen LogP contribution is -2.21. The molecule has 0 unspecified atom stereocenters. The van der Waals surface area contributed by atoms with Crippen LogP contribution in [0.5, 0.6) is 5.75 Å². The molecule has 0 spiro atoms. The van der Waals surface area contributed by atoms with Crippen LogP contribution in [0.3, 0.4) is 0 Å². The van der Waals surface area contributed by atoms with Crippen molar-refractivity contribution in [1.82, 2.24) is 0 Å². The zero-order valence-corrected chi connectivity index (χ0v) is 15.6. The summed E-state index contributed by atoms with van der Waals surface area (Å²) >= 11 is 0. The number of rotatable bonds is 6. The van der Waals surface area contributed by atoms with Crippen LogP contribution in [-0.2, 0) is 14.3 Å². The number of amides is 1. The molecule has 0 heterocycles. The predicted molar refractivity (Wildman–Crippen MR) is 99.2 cm³/mol. The summed E-state index contributed by atoms with van der Waals surface area (Å²) in [7, 11) is 2.45. The molecule has 7 nitrogen and oxygen atoms in total. The highest BCUT2D eigenvalue weighted by molar-refractivity contribution is 5.99. The summed E-state index contributed by atoms with van der Waals surface area (Å²) in [5.74, 6) is -1.09. The fourth-order valence-electron chi connectivity index (χ4n) is 2.39. The molecule has 0 fully saturated rings. The highest BCUT2D eigenvalue weighted by atomic mass is 16.5. The number of benzene rings is 2. The number of methoxy groups -OCH3 is 2. The number of carbonyl (C=O) groups excluding carboxylic acids is 3. The lowest BCUT2D eigenvalue weighted by molar-refractivity contribution is -0.118. The number of nitrogens with one attached hydrogen (secondary N) is 1. The Kier molecular flexibility index (Phi) is 6.54. The Hall–Kier alpha value is -3.35. The minimum atomic E-state index is -0.636. The average molecular weight is 371 g/mol. The van der Waals surface area contributed by atoms with Gasteiger partial charge in [0.15, 0.2) is 6.61 Å². The van der Waals surface area contributed by atoms with Crippen LogP contribution in [0.15, 0.2) is 36.4 Å². The lowest BCUT2D eigenvalue weighted by Gasteiger charge is -2.12. The summed E-state index contributed by atoms with van der Waals surface area (Å²) in [6.07, 6.45) is 0. The second-order valence-electron chi connectivity index (χ2n) is 5.82. The minimum absolute atomic E-state index is 0.117. The van der Waals surface area contributed by atoms with Gasteiger partial charge in [-0.1, -0.05) is 12.1 Å². The Labute approximate surface area is 157 Å². The molecule has 0 aliphatic carbocycles. The highest BCUT2D eigenvalue weighted by Crippen LogP contribution is 2.21. The van der Waals surface area contributed by atoms with E-state index in [-0.39, 0.29) is 23.4 Å². The van der Waals surface area contributed by atoms with E-state index in [9.17, 15) is 14.4 Å². The average Bonchev–Trinajstić information content (AvgIpc) is 2.67. The molecule has 0 saturated heterocycles. The number of esters is 2. The van der Waals surface area contributed by atoms with Gasteiger partial charge in [0.1, 0.15) is 5.75 Å². The topological polar surface area (TPSA) is 90.9 Å². The molecule has 0 aliphatic heterocycles. The van der Waals surface area contributed by atoms with Gasteiger partial charge in [0.2, 0.25) is 0 Å². The fraction of sp³-hybridized carbons (Fsp3) is 0.250. The number of ether oxygens (including phenoxy) is 3. The Morgan fingerprint density at radius 3 is 2.07 bits per heavy atom. The molecule has 1 amide bonds. The maximum absolute atomic E-state index is 12.2. The van der Waals surface area contributed by atoms with Crippen molar-refractivity contribution in [3.63, 3.8) is 0 Å². The van der Waals surface area contributed by atoms with Crippen molar-refractivity contribution in [2.75, 3.05) is 26.1 Å². The Morgan fingerprint density at radius 1 is 0.926 bits per heavy atom. The van der Waals surface area contributed by atoms with Gasteiger partial charge in [0, 0.05) is 5.69 Å². The third-order valence-corrected chi connectivity index (χ3v) is 3.97. The van der Waals surface area contributed by atoms with E-state index in [2.05, 4.69) is 14.8 Å². The van der Waals surface area contributed by atoms with Crippen molar-refractivity contribution in [3.8, 4) is 5.75 Å². The molecular weight excluding hydrogens is 350 g/mol. The van der Waals surface area contributed by atoms with Gasteiger partial charge in [-0.05, 0) is 49.2 Å². The molecule has 0 aliphatic rings. The van der Waals surface area contributed by atoms with E-state index in [1.807, 2.05) is 26.0 Å². The monoisotopic (exact) mass is 371 g/mol. The van der Waals surface area contributed by atoms with Crippen LogP contribution in [0.25, 0.3) is 0 Å². The first-order chi connectivity index (χ1) is 12.8. The van der Waals surface area contributed by atoms with Crippen LogP contribution in [0.2, 0.25) is 0 Å². The zero-order valence-electron chi connectivity index (χ0n) is 15.6. The molecule has 0 radical (unpaired) electrons. The molecule has 1 N–H and O–H groups in total. The minimum Gasteiger partial charge on any atom is -0.483 e. The van der Waals surface area contributed by atoms with E-state index >= 15 is 0 Å². The summed E-state index contributed by atoms with van der Waals surface area (Å²) in [5.41, 5.74) is 2.50. The second kappa shape index (κ2) is 8.84. The van der Waals surface area contributed by atoms with E-state index in [1.54, 1.807) is 6.07 Å². The summed E-state index contributed by atoms with van der Waals surface area (Å²) < 4.78 is 14.9. The van der Waals surface area contributed by atoms with E-state index < -0.39 is 17.8 Å². The van der Waals surface area contributed by atoms with Crippen LogP contribution in [0, 0.1) is 13.8 Å². The van der Waals surface area contributed by atoms with Gasteiger partial charge in [-0.3, -0.25) is 4.79 Å². The number of anilines is 1. The summed E-state index contributed by atoms with van der Waals surface area (Å²) in [6, 6.07) is 9.73. The molecule has 2 aromatic carbocycles. The quantitative estimate of drug-likeness (QED) is 0.785. The first-order valence-electron chi connectivity index (χ1n) is 8.16. The lowest BCUT2D eigenvalue weighted by atomic mass is 10.1. The van der Waals surface area contributed by atoms with Crippen LogP contribution in [0.4, 0.5) is 5.69 Å². The first-order valence-corrected chi connectivity index (χ1v) is 8.16. The van der Waals surface area contributed by atoms with Gasteiger partial charge in [0.05, 0.1) is 25.3 Å². The van der Waals surface area contributed by atoms with Gasteiger partial charge < -0.3 is 19.5 Å². The molecule has 2 aromatic rings. The third-order valence-electron chi connectivity index (χ3n) is 3.97. The Balaban J connectivity index is 2.15.